The Morgan fingerprint density at radius 3 is 1.37 bits per heavy atom. The van der Waals surface area contributed by atoms with Crippen LogP contribution in [0.15, 0.2) is 96.1 Å². The number of nitrogens with zero attached hydrogens (tertiary/aromatic N) is 8. The summed E-state index contributed by atoms with van der Waals surface area (Å²) in [5.41, 5.74) is -3.23. The fraction of sp³-hybridized carbons (Fsp3) is 0.139. The number of nitro groups is 4. The normalized spacial score (nSPS) is 15.4. The van der Waals surface area contributed by atoms with E-state index in [4.69, 9.17) is 0 Å². The van der Waals surface area contributed by atoms with E-state index in [0.717, 1.165) is 72.1 Å². The van der Waals surface area contributed by atoms with Crippen LogP contribution in [0.5, 0.6) is 0 Å². The molecule has 7 rings (SSSR count). The SMILES string of the molecule is N#Cc1ccc(C2=C3C(=O)N(c4ccc([N+](=O)[O-])cc4[N+](=O)[O-])C(c4ccc(N5CCCCC5)cc4)=C3C(=O)N2c2ccc([N+](=O)[O-])cc2[N+](=O)[O-])cc1. The average molecular weight is 729 g/mol. The summed E-state index contributed by atoms with van der Waals surface area (Å²) in [6.45, 7) is 1.60. The molecule has 0 saturated carbocycles. The third-order valence-electron chi connectivity index (χ3n) is 9.37. The Bertz CT molecular complexity index is 2450. The van der Waals surface area contributed by atoms with Gasteiger partial charge in [-0.2, -0.15) is 5.26 Å². The lowest BCUT2D eigenvalue weighted by molar-refractivity contribution is -0.393. The monoisotopic (exact) mass is 728 g/mol. The van der Waals surface area contributed by atoms with Crippen LogP contribution in [0.1, 0.15) is 36.0 Å². The van der Waals surface area contributed by atoms with Crippen molar-refractivity contribution in [2.24, 2.45) is 0 Å². The summed E-state index contributed by atoms with van der Waals surface area (Å²) in [7, 11) is 0. The number of carbonyl (C=O) groups excluding carboxylic acids is 2. The van der Waals surface area contributed by atoms with Gasteiger partial charge in [0, 0.05) is 30.9 Å². The molecule has 4 aromatic rings. The van der Waals surface area contributed by atoms with Gasteiger partial charge in [-0.3, -0.25) is 59.8 Å². The van der Waals surface area contributed by atoms with E-state index in [9.17, 15) is 55.3 Å². The van der Waals surface area contributed by atoms with Gasteiger partial charge in [0.15, 0.2) is 0 Å². The van der Waals surface area contributed by atoms with E-state index in [-0.39, 0.29) is 44.9 Å². The van der Waals surface area contributed by atoms with Crippen LogP contribution >= 0.6 is 0 Å². The van der Waals surface area contributed by atoms with Gasteiger partial charge in [0.05, 0.1) is 66.0 Å². The number of nitriles is 1. The van der Waals surface area contributed by atoms with Gasteiger partial charge in [-0.25, -0.2) is 0 Å². The Kier molecular flexibility index (Phi) is 8.59. The summed E-state index contributed by atoms with van der Waals surface area (Å²) < 4.78 is 0. The number of rotatable bonds is 9. The van der Waals surface area contributed by atoms with Crippen molar-refractivity contribution in [2.45, 2.75) is 19.3 Å². The van der Waals surface area contributed by atoms with Crippen molar-refractivity contribution in [2.75, 3.05) is 27.8 Å². The minimum Gasteiger partial charge on any atom is -0.372 e. The quantitative estimate of drug-likeness (QED) is 0.134. The predicted molar refractivity (Wildman–Crippen MR) is 192 cm³/mol. The Morgan fingerprint density at radius 1 is 0.556 bits per heavy atom. The molecule has 0 N–H and O–H groups in total. The number of hydrogen-bond acceptors (Lipinski definition) is 12. The van der Waals surface area contributed by atoms with Crippen molar-refractivity contribution >= 4 is 63.0 Å². The van der Waals surface area contributed by atoms with Gasteiger partial charge in [0.2, 0.25) is 0 Å². The Hall–Kier alpha value is -7.81. The molecule has 18 nitrogen and oxygen atoms in total. The number of nitro benzene ring substituents is 4. The van der Waals surface area contributed by atoms with Crippen molar-refractivity contribution in [3.63, 3.8) is 0 Å². The van der Waals surface area contributed by atoms with Crippen molar-refractivity contribution in [1.29, 1.82) is 5.26 Å². The second-order valence-corrected chi connectivity index (χ2v) is 12.4. The van der Waals surface area contributed by atoms with Gasteiger partial charge >= 0.3 is 0 Å². The maximum absolute atomic E-state index is 14.9. The van der Waals surface area contributed by atoms with E-state index in [1.165, 1.54) is 24.3 Å². The lowest BCUT2D eigenvalue weighted by atomic mass is 10.0. The number of benzene rings is 4. The third-order valence-corrected chi connectivity index (χ3v) is 9.37. The van der Waals surface area contributed by atoms with Gasteiger partial charge in [0.25, 0.3) is 34.6 Å². The molecule has 54 heavy (non-hydrogen) atoms. The molecule has 0 bridgehead atoms. The van der Waals surface area contributed by atoms with E-state index < -0.39 is 59.9 Å². The van der Waals surface area contributed by atoms with E-state index in [2.05, 4.69) is 4.90 Å². The topological polar surface area (TPSA) is 240 Å². The molecule has 0 unspecified atom stereocenters. The molecule has 0 aromatic heterocycles. The number of hydrogen-bond donors (Lipinski definition) is 0. The van der Waals surface area contributed by atoms with Crippen LogP contribution in [0, 0.1) is 51.8 Å². The lowest BCUT2D eigenvalue weighted by Crippen LogP contribution is -2.31. The highest BCUT2D eigenvalue weighted by molar-refractivity contribution is 6.42. The lowest BCUT2D eigenvalue weighted by Gasteiger charge is -2.29. The van der Waals surface area contributed by atoms with Crippen molar-refractivity contribution in [3.8, 4) is 6.07 Å². The van der Waals surface area contributed by atoms with E-state index in [1.54, 1.807) is 24.3 Å². The van der Waals surface area contributed by atoms with Crippen LogP contribution in [-0.2, 0) is 9.59 Å². The molecule has 3 heterocycles. The molecule has 4 aromatic carbocycles. The number of amides is 2. The number of fused-ring (bicyclic) bond motifs is 1. The smallest absolute Gasteiger partial charge is 0.300 e. The molecule has 3 aliphatic rings. The summed E-state index contributed by atoms with van der Waals surface area (Å²) in [5.74, 6) is -1.95. The van der Waals surface area contributed by atoms with E-state index in [1.807, 2.05) is 6.07 Å². The summed E-state index contributed by atoms with van der Waals surface area (Å²) >= 11 is 0. The van der Waals surface area contributed by atoms with Crippen LogP contribution in [0.2, 0.25) is 0 Å². The Balaban J connectivity index is 1.53. The van der Waals surface area contributed by atoms with Crippen LogP contribution in [0.25, 0.3) is 11.4 Å². The molecule has 1 fully saturated rings. The molecule has 1 saturated heterocycles. The van der Waals surface area contributed by atoms with Gasteiger partial charge in [0.1, 0.15) is 11.4 Å². The summed E-state index contributed by atoms with van der Waals surface area (Å²) in [4.78, 5) is 78.2. The molecule has 0 aliphatic carbocycles. The van der Waals surface area contributed by atoms with Gasteiger partial charge < -0.3 is 4.90 Å². The summed E-state index contributed by atoms with van der Waals surface area (Å²) in [5, 5.41) is 57.4. The first-order valence-electron chi connectivity index (χ1n) is 16.3. The molecule has 268 valence electrons. The zero-order chi connectivity index (χ0) is 38.4. The highest BCUT2D eigenvalue weighted by atomic mass is 16.6. The van der Waals surface area contributed by atoms with Crippen LogP contribution in [0.3, 0.4) is 0 Å². The van der Waals surface area contributed by atoms with E-state index >= 15 is 0 Å². The van der Waals surface area contributed by atoms with Gasteiger partial charge in [-0.15, -0.1) is 0 Å². The Morgan fingerprint density at radius 2 is 0.981 bits per heavy atom. The van der Waals surface area contributed by atoms with E-state index in [0.29, 0.717) is 12.1 Å². The minimum atomic E-state index is -0.975. The maximum atomic E-state index is 14.9. The first-order chi connectivity index (χ1) is 25.9. The summed E-state index contributed by atoms with van der Waals surface area (Å²) in [6.07, 6.45) is 3.04. The molecule has 0 radical (unpaired) electrons. The van der Waals surface area contributed by atoms with Crippen LogP contribution < -0.4 is 14.7 Å². The zero-order valence-electron chi connectivity index (χ0n) is 27.8. The van der Waals surface area contributed by atoms with Crippen LogP contribution in [0.4, 0.5) is 39.8 Å². The molecule has 0 spiro atoms. The second kappa shape index (κ2) is 13.4. The summed E-state index contributed by atoms with van der Waals surface area (Å²) in [6, 6.07) is 19.7. The van der Waals surface area contributed by atoms with Crippen LogP contribution in [-0.4, -0.2) is 44.6 Å². The number of anilines is 3. The number of piperidine rings is 1. The van der Waals surface area contributed by atoms with Gasteiger partial charge in [-0.05, 0) is 66.8 Å². The molecule has 2 amide bonds. The maximum Gasteiger partial charge on any atom is 0.300 e. The van der Waals surface area contributed by atoms with Crippen molar-refractivity contribution in [3.05, 3.63) is 153 Å². The Labute approximate surface area is 303 Å². The van der Waals surface area contributed by atoms with Crippen molar-refractivity contribution < 1.29 is 29.3 Å². The fourth-order valence-electron chi connectivity index (χ4n) is 6.92. The average Bonchev–Trinajstić information content (AvgIpc) is 3.65. The molecule has 0 atom stereocenters. The van der Waals surface area contributed by atoms with Gasteiger partial charge in [-0.1, -0.05) is 24.3 Å². The molecular formula is C36H24N8O10. The predicted octanol–water partition coefficient (Wildman–Crippen LogP) is 6.40. The third kappa shape index (κ3) is 5.71. The largest absolute Gasteiger partial charge is 0.372 e. The van der Waals surface area contributed by atoms with Crippen molar-refractivity contribution in [1.82, 2.24) is 0 Å². The minimum absolute atomic E-state index is 0.133. The highest BCUT2D eigenvalue weighted by Gasteiger charge is 2.52. The standard InChI is InChI=1S/C36H24N8O10/c37-20-21-4-6-22(7-5-21)33-31-32(36(46)39(33)27-14-12-25(41(47)48)18-29(27)43(51)52)34(23-8-10-24(11-9-23)38-16-2-1-3-17-38)40(35(31)45)28-15-13-26(42(49)50)19-30(28)44(53)54/h4-15,18-19H,1-3,16-17H2. The fourth-order valence-corrected chi connectivity index (χ4v) is 6.92. The molecular weight excluding hydrogens is 704 g/mol. The molecule has 3 aliphatic heterocycles. The first-order valence-corrected chi connectivity index (χ1v) is 16.3. The highest BCUT2D eigenvalue weighted by Crippen LogP contribution is 2.52. The number of carbonyl (C=O) groups is 2. The number of non-ortho nitro benzene ring substituents is 2. The zero-order valence-corrected chi connectivity index (χ0v) is 27.8. The second-order valence-electron chi connectivity index (χ2n) is 12.4. The molecule has 18 heteroatoms. The first kappa shape index (κ1) is 34.6.